The molecule has 0 saturated heterocycles. The topological polar surface area (TPSA) is 73.9 Å². The Hall–Kier alpha value is -0.680. The Morgan fingerprint density at radius 2 is 1.94 bits per heavy atom. The third kappa shape index (κ3) is 5.78. The SMILES string of the molecule is C=CCNC(C)(C)C(=O)OCCP(=O)(OC)OC. The zero-order valence-corrected chi connectivity index (χ0v) is 12.3. The van der Waals surface area contributed by atoms with Crippen LogP contribution < -0.4 is 5.32 Å². The molecule has 0 aliphatic heterocycles. The lowest BCUT2D eigenvalue weighted by molar-refractivity contribution is -0.149. The van der Waals surface area contributed by atoms with Crippen molar-refractivity contribution in [3.63, 3.8) is 0 Å². The summed E-state index contributed by atoms with van der Waals surface area (Å²) >= 11 is 0. The normalized spacial score (nSPS) is 12.2. The van der Waals surface area contributed by atoms with Crippen molar-refractivity contribution in [3.8, 4) is 0 Å². The smallest absolute Gasteiger partial charge is 0.333 e. The maximum absolute atomic E-state index is 11.7. The maximum atomic E-state index is 11.7. The van der Waals surface area contributed by atoms with Crippen LogP contribution in [0.1, 0.15) is 13.8 Å². The molecule has 0 heterocycles. The van der Waals surface area contributed by atoms with Crippen LogP contribution in [0.5, 0.6) is 0 Å². The molecule has 0 spiro atoms. The first-order valence-corrected chi connectivity index (χ1v) is 7.28. The molecule has 0 fully saturated rings. The van der Waals surface area contributed by atoms with Crippen LogP contribution in [0.3, 0.4) is 0 Å². The van der Waals surface area contributed by atoms with Gasteiger partial charge in [-0.2, -0.15) is 0 Å². The minimum atomic E-state index is -3.12. The van der Waals surface area contributed by atoms with E-state index in [1.807, 2.05) is 0 Å². The molecule has 0 radical (unpaired) electrons. The average molecular weight is 279 g/mol. The van der Waals surface area contributed by atoms with Crippen molar-refractivity contribution in [1.29, 1.82) is 0 Å². The summed E-state index contributed by atoms with van der Waals surface area (Å²) in [4.78, 5) is 11.7. The molecule has 1 N–H and O–H groups in total. The van der Waals surface area contributed by atoms with Crippen molar-refractivity contribution in [2.75, 3.05) is 33.5 Å². The van der Waals surface area contributed by atoms with Gasteiger partial charge in [0.05, 0.1) is 6.16 Å². The van der Waals surface area contributed by atoms with Crippen LogP contribution in [0.2, 0.25) is 0 Å². The van der Waals surface area contributed by atoms with Crippen molar-refractivity contribution in [2.45, 2.75) is 19.4 Å². The van der Waals surface area contributed by atoms with E-state index in [-0.39, 0.29) is 12.8 Å². The molecule has 7 heteroatoms. The van der Waals surface area contributed by atoms with Crippen molar-refractivity contribution >= 4 is 13.6 Å². The quantitative estimate of drug-likeness (QED) is 0.392. The fourth-order valence-electron chi connectivity index (χ4n) is 1.09. The average Bonchev–Trinajstić information content (AvgIpc) is 2.35. The van der Waals surface area contributed by atoms with Crippen molar-refractivity contribution in [1.82, 2.24) is 5.32 Å². The Balaban J connectivity index is 4.18. The Kier molecular flexibility index (Phi) is 7.40. The maximum Gasteiger partial charge on any atom is 0.333 e. The third-order valence-electron chi connectivity index (χ3n) is 2.35. The molecule has 18 heavy (non-hydrogen) atoms. The highest BCUT2D eigenvalue weighted by atomic mass is 31.2. The predicted molar refractivity (Wildman–Crippen MR) is 69.7 cm³/mol. The van der Waals surface area contributed by atoms with E-state index in [2.05, 4.69) is 11.9 Å². The van der Waals surface area contributed by atoms with Gasteiger partial charge in [0.2, 0.25) is 0 Å². The molecular formula is C11H22NO5P. The summed E-state index contributed by atoms with van der Waals surface area (Å²) in [7, 11) is -0.538. The Bertz CT molecular complexity index is 321. The number of carbonyl (C=O) groups is 1. The molecule has 0 aliphatic rings. The fraction of sp³-hybridized carbons (Fsp3) is 0.727. The van der Waals surface area contributed by atoms with Gasteiger partial charge in [-0.15, -0.1) is 6.58 Å². The largest absolute Gasteiger partial charge is 0.464 e. The van der Waals surface area contributed by atoms with E-state index in [9.17, 15) is 9.36 Å². The lowest BCUT2D eigenvalue weighted by Gasteiger charge is -2.23. The number of ether oxygens (including phenoxy) is 1. The van der Waals surface area contributed by atoms with Crippen molar-refractivity contribution in [3.05, 3.63) is 12.7 Å². The minimum Gasteiger partial charge on any atom is -0.464 e. The second-order valence-electron chi connectivity index (χ2n) is 4.13. The second kappa shape index (κ2) is 7.69. The van der Waals surface area contributed by atoms with Gasteiger partial charge in [0.15, 0.2) is 0 Å². The zero-order chi connectivity index (χ0) is 14.2. The Labute approximate surface area is 108 Å². The molecule has 0 saturated carbocycles. The van der Waals surface area contributed by atoms with Gasteiger partial charge in [0, 0.05) is 20.8 Å². The summed E-state index contributed by atoms with van der Waals surface area (Å²) < 4.78 is 26.2. The van der Waals surface area contributed by atoms with Crippen LogP contribution in [-0.2, 0) is 23.1 Å². The van der Waals surface area contributed by atoms with Crippen molar-refractivity contribution < 1.29 is 23.1 Å². The summed E-state index contributed by atoms with van der Waals surface area (Å²) in [6.45, 7) is 7.43. The molecule has 0 aromatic carbocycles. The van der Waals surface area contributed by atoms with Crippen LogP contribution >= 0.6 is 7.60 Å². The number of hydrogen-bond donors (Lipinski definition) is 1. The van der Waals surface area contributed by atoms with Gasteiger partial charge < -0.3 is 13.8 Å². The van der Waals surface area contributed by atoms with Gasteiger partial charge in [0.1, 0.15) is 12.1 Å². The highest BCUT2D eigenvalue weighted by Gasteiger charge is 2.29. The van der Waals surface area contributed by atoms with Crippen molar-refractivity contribution in [2.24, 2.45) is 0 Å². The molecule has 0 unspecified atom stereocenters. The van der Waals surface area contributed by atoms with Gasteiger partial charge in [-0.1, -0.05) is 6.08 Å². The van der Waals surface area contributed by atoms with E-state index in [1.54, 1.807) is 19.9 Å². The highest BCUT2D eigenvalue weighted by Crippen LogP contribution is 2.45. The van der Waals surface area contributed by atoms with Gasteiger partial charge in [-0.05, 0) is 13.8 Å². The molecule has 0 amide bonds. The molecule has 0 aromatic rings. The monoisotopic (exact) mass is 279 g/mol. The van der Waals surface area contributed by atoms with Gasteiger partial charge in [0.25, 0.3) is 0 Å². The molecule has 106 valence electrons. The van der Waals surface area contributed by atoms with Gasteiger partial charge >= 0.3 is 13.6 Å². The number of rotatable bonds is 9. The molecule has 0 bridgehead atoms. The Morgan fingerprint density at radius 1 is 1.39 bits per heavy atom. The summed E-state index contributed by atoms with van der Waals surface area (Å²) in [5.41, 5.74) is -0.821. The first-order chi connectivity index (χ1) is 8.31. The van der Waals surface area contributed by atoms with Crippen LogP contribution in [0.25, 0.3) is 0 Å². The number of nitrogens with one attached hydrogen (secondary N) is 1. The summed E-state index contributed by atoms with van der Waals surface area (Å²) in [5, 5.41) is 2.96. The van der Waals surface area contributed by atoms with Gasteiger partial charge in [-0.3, -0.25) is 14.7 Å². The van der Waals surface area contributed by atoms with E-state index in [1.165, 1.54) is 14.2 Å². The zero-order valence-electron chi connectivity index (χ0n) is 11.4. The predicted octanol–water partition coefficient (Wildman–Crippen LogP) is 1.57. The summed E-state index contributed by atoms with van der Waals surface area (Å²) in [6.07, 6.45) is 1.68. The lowest BCUT2D eigenvalue weighted by Crippen LogP contribution is -2.48. The van der Waals surface area contributed by atoms with E-state index < -0.39 is 19.1 Å². The fourth-order valence-corrected chi connectivity index (χ4v) is 1.92. The first-order valence-electron chi connectivity index (χ1n) is 5.55. The van der Waals surface area contributed by atoms with Crippen LogP contribution in [0.4, 0.5) is 0 Å². The van der Waals surface area contributed by atoms with E-state index in [4.69, 9.17) is 13.8 Å². The molecule has 0 aliphatic carbocycles. The van der Waals surface area contributed by atoms with Crippen LogP contribution in [-0.4, -0.2) is 45.0 Å². The molecule has 6 nitrogen and oxygen atoms in total. The van der Waals surface area contributed by atoms with Gasteiger partial charge in [-0.25, -0.2) is 0 Å². The van der Waals surface area contributed by atoms with E-state index in [0.717, 1.165) is 0 Å². The molecule has 0 rings (SSSR count). The van der Waals surface area contributed by atoms with E-state index >= 15 is 0 Å². The lowest BCUT2D eigenvalue weighted by atomic mass is 10.1. The first kappa shape index (κ1) is 17.3. The molecular weight excluding hydrogens is 257 g/mol. The molecule has 0 aromatic heterocycles. The van der Waals surface area contributed by atoms with Crippen LogP contribution in [0.15, 0.2) is 12.7 Å². The minimum absolute atomic E-state index is 0.0169. The highest BCUT2D eigenvalue weighted by molar-refractivity contribution is 7.53. The standard InChI is InChI=1S/C11H22NO5P/c1-6-7-12-11(2,3)10(13)17-8-9-18(14,15-4)16-5/h6,12H,1,7-9H2,2-5H3. The number of carbonyl (C=O) groups excluding carboxylic acids is 1. The number of esters is 1. The molecule has 0 atom stereocenters. The Morgan fingerprint density at radius 3 is 2.39 bits per heavy atom. The number of hydrogen-bond acceptors (Lipinski definition) is 6. The third-order valence-corrected chi connectivity index (χ3v) is 4.20. The van der Waals surface area contributed by atoms with E-state index in [0.29, 0.717) is 6.54 Å². The second-order valence-corrected chi connectivity index (χ2v) is 6.53. The van der Waals surface area contributed by atoms with Crippen LogP contribution in [0, 0.1) is 0 Å². The summed E-state index contributed by atoms with van der Waals surface area (Å²) in [6, 6.07) is 0. The summed E-state index contributed by atoms with van der Waals surface area (Å²) in [5.74, 6) is -0.428.